The molecule has 1 atom stereocenters. The minimum Gasteiger partial charge on any atom is -0.467 e. The average molecular weight is 287 g/mol. The lowest BCUT2D eigenvalue weighted by atomic mass is 10.1. The summed E-state index contributed by atoms with van der Waals surface area (Å²) in [6.07, 6.45) is 1.54. The number of nitrogens with one attached hydrogen (secondary N) is 1. The predicted molar refractivity (Wildman–Crippen MR) is 76.7 cm³/mol. The molecule has 0 aliphatic carbocycles. The Morgan fingerprint density at radius 3 is 2.57 bits per heavy atom. The summed E-state index contributed by atoms with van der Waals surface area (Å²) in [4.78, 5) is 23.5. The lowest BCUT2D eigenvalue weighted by Crippen LogP contribution is -2.30. The van der Waals surface area contributed by atoms with Gasteiger partial charge in [-0.05, 0) is 38.1 Å². The van der Waals surface area contributed by atoms with Gasteiger partial charge in [-0.15, -0.1) is 0 Å². The van der Waals surface area contributed by atoms with E-state index in [1.165, 1.54) is 6.26 Å². The van der Waals surface area contributed by atoms with Crippen molar-refractivity contribution in [3.8, 4) is 0 Å². The van der Waals surface area contributed by atoms with Gasteiger partial charge >= 0.3 is 5.97 Å². The molecule has 0 fully saturated rings. The Balaban J connectivity index is 1.81. The van der Waals surface area contributed by atoms with Gasteiger partial charge in [0.25, 0.3) is 5.91 Å². The zero-order valence-electron chi connectivity index (χ0n) is 12.0. The number of carbonyl (C=O) groups is 2. The van der Waals surface area contributed by atoms with E-state index >= 15 is 0 Å². The number of esters is 1. The maximum atomic E-state index is 11.8. The van der Waals surface area contributed by atoms with Crippen molar-refractivity contribution in [1.29, 1.82) is 0 Å². The molecule has 5 nitrogen and oxygen atoms in total. The number of furan rings is 1. The quantitative estimate of drug-likeness (QED) is 0.858. The van der Waals surface area contributed by atoms with Gasteiger partial charge in [-0.3, -0.25) is 4.79 Å². The Hall–Kier alpha value is -2.56. The van der Waals surface area contributed by atoms with E-state index < -0.39 is 5.97 Å². The molecule has 0 unspecified atom stereocenters. The molecule has 0 aliphatic heterocycles. The second kappa shape index (κ2) is 6.74. The fourth-order valence-electron chi connectivity index (χ4n) is 1.80. The third-order valence-corrected chi connectivity index (χ3v) is 2.97. The van der Waals surface area contributed by atoms with Crippen molar-refractivity contribution in [2.45, 2.75) is 19.9 Å². The number of ether oxygens (including phenoxy) is 1. The number of hydrogen-bond acceptors (Lipinski definition) is 4. The summed E-state index contributed by atoms with van der Waals surface area (Å²) in [6.45, 7) is 3.40. The zero-order valence-corrected chi connectivity index (χ0v) is 12.0. The van der Waals surface area contributed by atoms with E-state index in [0.29, 0.717) is 11.3 Å². The van der Waals surface area contributed by atoms with Gasteiger partial charge in [-0.2, -0.15) is 0 Å². The predicted octanol–water partition coefficient (Wildman–Crippen LogP) is 2.62. The lowest BCUT2D eigenvalue weighted by molar-refractivity contribution is -0.125. The third kappa shape index (κ3) is 4.21. The van der Waals surface area contributed by atoms with Crippen LogP contribution in [-0.2, 0) is 9.53 Å². The van der Waals surface area contributed by atoms with Crippen LogP contribution in [-0.4, -0.2) is 18.5 Å². The van der Waals surface area contributed by atoms with Crippen LogP contribution < -0.4 is 5.32 Å². The standard InChI is InChI=1S/C16H17NO4/c1-11-5-7-13(8-6-11)16(19)21-10-15(18)17-12(2)14-4-3-9-20-14/h3-9,12H,10H2,1-2H3,(H,17,18)/t12-/m0/s1. The van der Waals surface area contributed by atoms with Gasteiger partial charge in [0.15, 0.2) is 6.61 Å². The fraction of sp³-hybridized carbons (Fsp3) is 0.250. The molecular formula is C16H17NO4. The summed E-state index contributed by atoms with van der Waals surface area (Å²) in [5.41, 5.74) is 1.48. The summed E-state index contributed by atoms with van der Waals surface area (Å²) in [6, 6.07) is 10.2. The van der Waals surface area contributed by atoms with Gasteiger partial charge in [-0.1, -0.05) is 17.7 Å². The average Bonchev–Trinajstić information content (AvgIpc) is 3.00. The second-order valence-electron chi connectivity index (χ2n) is 4.75. The number of rotatable bonds is 5. The van der Waals surface area contributed by atoms with Gasteiger partial charge in [0.2, 0.25) is 0 Å². The molecule has 0 bridgehead atoms. The summed E-state index contributed by atoms with van der Waals surface area (Å²) < 4.78 is 10.1. The highest BCUT2D eigenvalue weighted by Gasteiger charge is 2.14. The lowest BCUT2D eigenvalue weighted by Gasteiger charge is -2.11. The van der Waals surface area contributed by atoms with E-state index in [2.05, 4.69) is 5.32 Å². The Labute approximate surface area is 122 Å². The second-order valence-corrected chi connectivity index (χ2v) is 4.75. The van der Waals surface area contributed by atoms with Crippen LogP contribution in [0.1, 0.15) is 34.6 Å². The topological polar surface area (TPSA) is 68.5 Å². The van der Waals surface area contributed by atoms with Gasteiger partial charge < -0.3 is 14.5 Å². The fourth-order valence-corrected chi connectivity index (χ4v) is 1.80. The van der Waals surface area contributed by atoms with Gasteiger partial charge in [0.1, 0.15) is 5.76 Å². The van der Waals surface area contributed by atoms with E-state index in [9.17, 15) is 9.59 Å². The van der Waals surface area contributed by atoms with Crippen molar-refractivity contribution in [3.63, 3.8) is 0 Å². The molecule has 1 amide bonds. The van der Waals surface area contributed by atoms with Crippen molar-refractivity contribution in [1.82, 2.24) is 5.32 Å². The van der Waals surface area contributed by atoms with E-state index in [4.69, 9.17) is 9.15 Å². The van der Waals surface area contributed by atoms with Crippen LogP contribution in [0.5, 0.6) is 0 Å². The normalized spacial score (nSPS) is 11.7. The van der Waals surface area contributed by atoms with Crippen LogP contribution in [0.3, 0.4) is 0 Å². The summed E-state index contributed by atoms with van der Waals surface area (Å²) >= 11 is 0. The van der Waals surface area contributed by atoms with E-state index in [-0.39, 0.29) is 18.6 Å². The van der Waals surface area contributed by atoms with Crippen molar-refractivity contribution >= 4 is 11.9 Å². The van der Waals surface area contributed by atoms with Crippen LogP contribution >= 0.6 is 0 Å². The molecule has 110 valence electrons. The maximum absolute atomic E-state index is 11.8. The summed E-state index contributed by atoms with van der Waals surface area (Å²) in [7, 11) is 0. The summed E-state index contributed by atoms with van der Waals surface area (Å²) in [5, 5.41) is 2.69. The molecule has 1 aromatic carbocycles. The number of hydrogen-bond donors (Lipinski definition) is 1. The maximum Gasteiger partial charge on any atom is 0.338 e. The van der Waals surface area contributed by atoms with Crippen LogP contribution in [0, 0.1) is 6.92 Å². The molecule has 0 aliphatic rings. The molecule has 0 spiro atoms. The Kier molecular flexibility index (Phi) is 4.77. The first-order valence-electron chi connectivity index (χ1n) is 6.63. The van der Waals surface area contributed by atoms with Crippen LogP contribution in [0.4, 0.5) is 0 Å². The first-order valence-corrected chi connectivity index (χ1v) is 6.63. The molecule has 0 saturated carbocycles. The molecule has 21 heavy (non-hydrogen) atoms. The van der Waals surface area contributed by atoms with Crippen molar-refractivity contribution in [3.05, 3.63) is 59.5 Å². The molecule has 1 N–H and O–H groups in total. The summed E-state index contributed by atoms with van der Waals surface area (Å²) in [5.74, 6) is -0.247. The highest BCUT2D eigenvalue weighted by molar-refractivity contribution is 5.91. The molecule has 5 heteroatoms. The molecule has 1 heterocycles. The van der Waals surface area contributed by atoms with Gasteiger partial charge in [0, 0.05) is 0 Å². The van der Waals surface area contributed by atoms with Crippen LogP contribution in [0.15, 0.2) is 47.1 Å². The minimum absolute atomic E-state index is 0.273. The van der Waals surface area contributed by atoms with Crippen LogP contribution in [0.25, 0.3) is 0 Å². The highest BCUT2D eigenvalue weighted by Crippen LogP contribution is 2.11. The van der Waals surface area contributed by atoms with Crippen molar-refractivity contribution in [2.75, 3.05) is 6.61 Å². The SMILES string of the molecule is Cc1ccc(C(=O)OCC(=O)N[C@@H](C)c2ccco2)cc1. The number of amides is 1. The third-order valence-electron chi connectivity index (χ3n) is 2.97. The zero-order chi connectivity index (χ0) is 15.2. The largest absolute Gasteiger partial charge is 0.467 e. The molecule has 0 saturated heterocycles. The minimum atomic E-state index is -0.518. The number of benzene rings is 1. The Morgan fingerprint density at radius 2 is 1.95 bits per heavy atom. The van der Waals surface area contributed by atoms with E-state index in [0.717, 1.165) is 5.56 Å². The van der Waals surface area contributed by atoms with Gasteiger partial charge in [0.05, 0.1) is 17.9 Å². The van der Waals surface area contributed by atoms with Crippen LogP contribution in [0.2, 0.25) is 0 Å². The first kappa shape index (κ1) is 14.8. The molecular weight excluding hydrogens is 270 g/mol. The smallest absolute Gasteiger partial charge is 0.338 e. The van der Waals surface area contributed by atoms with E-state index in [1.54, 1.807) is 31.2 Å². The molecule has 1 aromatic heterocycles. The monoisotopic (exact) mass is 287 g/mol. The Morgan fingerprint density at radius 1 is 1.24 bits per heavy atom. The number of carbonyl (C=O) groups excluding carboxylic acids is 2. The van der Waals surface area contributed by atoms with Gasteiger partial charge in [-0.25, -0.2) is 4.79 Å². The Bertz CT molecular complexity index is 602. The first-order chi connectivity index (χ1) is 10.1. The van der Waals surface area contributed by atoms with Crippen molar-refractivity contribution < 1.29 is 18.7 Å². The molecule has 0 radical (unpaired) electrons. The molecule has 2 aromatic rings. The molecule has 2 rings (SSSR count). The van der Waals surface area contributed by atoms with Crippen molar-refractivity contribution in [2.24, 2.45) is 0 Å². The highest BCUT2D eigenvalue weighted by atomic mass is 16.5. The van der Waals surface area contributed by atoms with E-state index in [1.807, 2.05) is 19.1 Å². The number of aryl methyl sites for hydroxylation is 1.